The van der Waals surface area contributed by atoms with Gasteiger partial charge >= 0.3 is 5.97 Å². The van der Waals surface area contributed by atoms with E-state index >= 15 is 0 Å². The van der Waals surface area contributed by atoms with Crippen LogP contribution < -0.4 is 0 Å². The van der Waals surface area contributed by atoms with E-state index in [4.69, 9.17) is 4.74 Å². The van der Waals surface area contributed by atoms with Gasteiger partial charge in [-0.15, -0.1) is 0 Å². The number of hydrogen-bond donors (Lipinski definition) is 0. The van der Waals surface area contributed by atoms with Gasteiger partial charge in [0, 0.05) is 18.5 Å². The highest BCUT2D eigenvalue weighted by Crippen LogP contribution is 2.17. The number of esters is 1. The molecule has 1 saturated heterocycles. The lowest BCUT2D eigenvalue weighted by Crippen LogP contribution is -2.29. The van der Waals surface area contributed by atoms with E-state index in [9.17, 15) is 9.59 Å². The van der Waals surface area contributed by atoms with Gasteiger partial charge in [-0.25, -0.2) is 4.79 Å². The van der Waals surface area contributed by atoms with Gasteiger partial charge in [0.2, 0.25) is 5.91 Å². The molecule has 0 spiro atoms. The van der Waals surface area contributed by atoms with Crippen LogP contribution in [0.15, 0.2) is 12.2 Å². The standard InChI is InChI=1S/C11H17NO3/c1-4-15-11(14)9(3)7-12-6-8(2)5-10(12)13/h8H,3-7H2,1-2H3. The zero-order valence-corrected chi connectivity index (χ0v) is 9.28. The van der Waals surface area contributed by atoms with Gasteiger partial charge in [-0.2, -0.15) is 0 Å². The molecule has 0 saturated carbocycles. The molecule has 15 heavy (non-hydrogen) atoms. The van der Waals surface area contributed by atoms with Crippen LogP contribution in [0, 0.1) is 5.92 Å². The summed E-state index contributed by atoms with van der Waals surface area (Å²) in [6.07, 6.45) is 0.566. The van der Waals surface area contributed by atoms with Crippen molar-refractivity contribution in [1.82, 2.24) is 4.90 Å². The van der Waals surface area contributed by atoms with Crippen molar-refractivity contribution in [2.24, 2.45) is 5.92 Å². The summed E-state index contributed by atoms with van der Waals surface area (Å²) in [5.41, 5.74) is 0.347. The van der Waals surface area contributed by atoms with Crippen LogP contribution in [0.25, 0.3) is 0 Å². The minimum atomic E-state index is -0.412. The third-order valence-corrected chi connectivity index (χ3v) is 2.35. The first-order chi connectivity index (χ1) is 7.04. The molecule has 0 aromatic heterocycles. The van der Waals surface area contributed by atoms with Crippen LogP contribution in [0.5, 0.6) is 0 Å². The van der Waals surface area contributed by atoms with E-state index in [0.717, 1.165) is 0 Å². The lowest BCUT2D eigenvalue weighted by Gasteiger charge is -2.16. The summed E-state index contributed by atoms with van der Waals surface area (Å²) in [6.45, 7) is 8.73. The fraction of sp³-hybridized carbons (Fsp3) is 0.636. The van der Waals surface area contributed by atoms with Crippen LogP contribution in [0.1, 0.15) is 20.3 Å². The van der Waals surface area contributed by atoms with Crippen LogP contribution >= 0.6 is 0 Å². The highest BCUT2D eigenvalue weighted by atomic mass is 16.5. The van der Waals surface area contributed by atoms with Crippen molar-refractivity contribution in [3.8, 4) is 0 Å². The van der Waals surface area contributed by atoms with Crippen molar-refractivity contribution in [2.75, 3.05) is 19.7 Å². The third kappa shape index (κ3) is 3.08. The lowest BCUT2D eigenvalue weighted by molar-refractivity contribution is -0.138. The van der Waals surface area contributed by atoms with E-state index in [1.807, 2.05) is 6.92 Å². The number of amides is 1. The number of nitrogens with zero attached hydrogens (tertiary/aromatic N) is 1. The van der Waals surface area contributed by atoms with Gasteiger partial charge in [0.15, 0.2) is 0 Å². The Balaban J connectivity index is 2.45. The molecular formula is C11H17NO3. The molecule has 0 aromatic rings. The third-order valence-electron chi connectivity index (χ3n) is 2.35. The maximum absolute atomic E-state index is 11.4. The van der Waals surface area contributed by atoms with Crippen LogP contribution in [0.2, 0.25) is 0 Å². The largest absolute Gasteiger partial charge is 0.463 e. The minimum absolute atomic E-state index is 0.0907. The van der Waals surface area contributed by atoms with Crippen molar-refractivity contribution in [2.45, 2.75) is 20.3 Å². The molecule has 1 unspecified atom stereocenters. The number of carbonyl (C=O) groups is 2. The smallest absolute Gasteiger partial charge is 0.335 e. The Bertz CT molecular complexity index is 286. The Labute approximate surface area is 89.9 Å². The number of carbonyl (C=O) groups excluding carboxylic acids is 2. The van der Waals surface area contributed by atoms with Gasteiger partial charge in [-0.05, 0) is 12.8 Å². The molecule has 1 heterocycles. The fourth-order valence-electron chi connectivity index (χ4n) is 1.65. The molecular weight excluding hydrogens is 194 g/mol. The second-order valence-corrected chi connectivity index (χ2v) is 3.91. The highest BCUT2D eigenvalue weighted by Gasteiger charge is 2.27. The van der Waals surface area contributed by atoms with Crippen LogP contribution in [0.4, 0.5) is 0 Å². The normalized spacial score (nSPS) is 20.5. The zero-order chi connectivity index (χ0) is 11.4. The van der Waals surface area contributed by atoms with Crippen LogP contribution in [-0.4, -0.2) is 36.5 Å². The van der Waals surface area contributed by atoms with Gasteiger partial charge in [0.05, 0.1) is 13.2 Å². The van der Waals surface area contributed by atoms with E-state index in [-0.39, 0.29) is 5.91 Å². The molecule has 1 rings (SSSR count). The van der Waals surface area contributed by atoms with Gasteiger partial charge in [-0.3, -0.25) is 4.79 Å². The first kappa shape index (κ1) is 11.8. The molecule has 0 radical (unpaired) electrons. The van der Waals surface area contributed by atoms with E-state index in [0.29, 0.717) is 37.6 Å². The van der Waals surface area contributed by atoms with Gasteiger partial charge in [-0.1, -0.05) is 13.5 Å². The SMILES string of the molecule is C=C(CN1CC(C)CC1=O)C(=O)OCC. The second kappa shape index (κ2) is 4.96. The minimum Gasteiger partial charge on any atom is -0.463 e. The van der Waals surface area contributed by atoms with Crippen molar-refractivity contribution in [1.29, 1.82) is 0 Å². The molecule has 1 amide bonds. The van der Waals surface area contributed by atoms with E-state index in [1.54, 1.807) is 11.8 Å². The van der Waals surface area contributed by atoms with E-state index < -0.39 is 5.97 Å². The van der Waals surface area contributed by atoms with E-state index in [1.165, 1.54) is 0 Å². The molecule has 1 atom stereocenters. The summed E-state index contributed by atoms with van der Waals surface area (Å²) in [7, 11) is 0. The summed E-state index contributed by atoms with van der Waals surface area (Å²) in [5, 5.41) is 0. The summed E-state index contributed by atoms with van der Waals surface area (Å²) in [6, 6.07) is 0. The molecule has 1 aliphatic heterocycles. The summed E-state index contributed by atoms with van der Waals surface area (Å²) in [5.74, 6) is 0.0466. The predicted octanol–water partition coefficient (Wildman–Crippen LogP) is 0.974. The zero-order valence-electron chi connectivity index (χ0n) is 9.28. The first-order valence-corrected chi connectivity index (χ1v) is 5.17. The van der Waals surface area contributed by atoms with Crippen LogP contribution in [0.3, 0.4) is 0 Å². The fourth-order valence-corrected chi connectivity index (χ4v) is 1.65. The topological polar surface area (TPSA) is 46.6 Å². The number of hydrogen-bond acceptors (Lipinski definition) is 3. The Morgan fingerprint density at radius 1 is 1.67 bits per heavy atom. The quantitative estimate of drug-likeness (QED) is 0.514. The van der Waals surface area contributed by atoms with Crippen LogP contribution in [-0.2, 0) is 14.3 Å². The summed E-state index contributed by atoms with van der Waals surface area (Å²) < 4.78 is 4.80. The number of ether oxygens (including phenoxy) is 1. The Morgan fingerprint density at radius 2 is 2.33 bits per heavy atom. The highest BCUT2D eigenvalue weighted by molar-refractivity contribution is 5.89. The second-order valence-electron chi connectivity index (χ2n) is 3.91. The lowest BCUT2D eigenvalue weighted by atomic mass is 10.2. The molecule has 0 N–H and O–H groups in total. The predicted molar refractivity (Wildman–Crippen MR) is 56.1 cm³/mol. The van der Waals surface area contributed by atoms with Crippen molar-refractivity contribution >= 4 is 11.9 Å². The van der Waals surface area contributed by atoms with Crippen molar-refractivity contribution in [3.63, 3.8) is 0 Å². The Morgan fingerprint density at radius 3 is 2.80 bits per heavy atom. The molecule has 4 heteroatoms. The molecule has 1 aliphatic rings. The van der Waals surface area contributed by atoms with Gasteiger partial charge in [0.1, 0.15) is 0 Å². The van der Waals surface area contributed by atoms with Gasteiger partial charge < -0.3 is 9.64 Å². The molecule has 0 bridgehead atoms. The van der Waals surface area contributed by atoms with Crippen molar-refractivity contribution < 1.29 is 14.3 Å². The maximum atomic E-state index is 11.4. The average Bonchev–Trinajstić information content (AvgIpc) is 2.45. The average molecular weight is 211 g/mol. The van der Waals surface area contributed by atoms with Crippen molar-refractivity contribution in [3.05, 3.63) is 12.2 Å². The maximum Gasteiger partial charge on any atom is 0.335 e. The van der Waals surface area contributed by atoms with E-state index in [2.05, 4.69) is 6.58 Å². The molecule has 1 fully saturated rings. The molecule has 0 aromatic carbocycles. The Hall–Kier alpha value is -1.32. The van der Waals surface area contributed by atoms with Gasteiger partial charge in [0.25, 0.3) is 0 Å². The number of likely N-dealkylation sites (tertiary alicyclic amines) is 1. The first-order valence-electron chi connectivity index (χ1n) is 5.17. The molecule has 84 valence electrons. The summed E-state index contributed by atoms with van der Waals surface area (Å²) in [4.78, 5) is 24.3. The molecule has 0 aliphatic carbocycles. The number of rotatable bonds is 4. The molecule has 4 nitrogen and oxygen atoms in total. The Kier molecular flexibility index (Phi) is 3.88. The summed E-state index contributed by atoms with van der Waals surface area (Å²) >= 11 is 0. The monoisotopic (exact) mass is 211 g/mol.